The SMILES string of the molecule is Cc1nnn(C2CCc3cc4cccc(F)c4n3C2)c1Cc1ccc(F)cc1. The van der Waals surface area contributed by atoms with Crippen molar-refractivity contribution in [3.63, 3.8) is 0 Å². The van der Waals surface area contributed by atoms with Crippen molar-refractivity contribution in [2.45, 2.75) is 38.8 Å². The Labute approximate surface area is 161 Å². The maximum atomic E-state index is 14.5. The van der Waals surface area contributed by atoms with E-state index in [1.165, 1.54) is 18.2 Å². The lowest BCUT2D eigenvalue weighted by molar-refractivity contribution is 0.329. The third-order valence-electron chi connectivity index (χ3n) is 5.70. The number of fused-ring (bicyclic) bond motifs is 3. The number of para-hydroxylation sites is 1. The molecule has 4 aromatic rings. The zero-order chi connectivity index (χ0) is 19.3. The molecule has 0 N–H and O–H groups in total. The first-order valence-corrected chi connectivity index (χ1v) is 9.52. The fourth-order valence-electron chi connectivity index (χ4n) is 4.26. The van der Waals surface area contributed by atoms with Crippen LogP contribution in [-0.4, -0.2) is 19.6 Å². The lowest BCUT2D eigenvalue weighted by atomic mass is 10.0. The van der Waals surface area contributed by atoms with E-state index in [0.29, 0.717) is 18.5 Å². The molecule has 3 heterocycles. The molecule has 0 saturated heterocycles. The van der Waals surface area contributed by atoms with Gasteiger partial charge in [0.05, 0.1) is 22.9 Å². The molecule has 0 amide bonds. The number of benzene rings is 2. The van der Waals surface area contributed by atoms with Crippen LogP contribution in [0.25, 0.3) is 10.9 Å². The fraction of sp³-hybridized carbons (Fsp3) is 0.273. The second-order valence-corrected chi connectivity index (χ2v) is 7.49. The Balaban J connectivity index is 1.50. The topological polar surface area (TPSA) is 35.6 Å². The molecule has 0 fully saturated rings. The van der Waals surface area contributed by atoms with Crippen LogP contribution in [0.2, 0.25) is 0 Å². The van der Waals surface area contributed by atoms with Crippen LogP contribution in [0.5, 0.6) is 0 Å². The zero-order valence-corrected chi connectivity index (χ0v) is 15.6. The minimum absolute atomic E-state index is 0.111. The Hall–Kier alpha value is -3.02. The summed E-state index contributed by atoms with van der Waals surface area (Å²) in [4.78, 5) is 0. The molecule has 142 valence electrons. The molecule has 1 aliphatic rings. The van der Waals surface area contributed by atoms with E-state index < -0.39 is 0 Å². The van der Waals surface area contributed by atoms with Crippen LogP contribution in [0, 0.1) is 18.6 Å². The molecule has 0 radical (unpaired) electrons. The van der Waals surface area contributed by atoms with E-state index in [2.05, 4.69) is 20.9 Å². The van der Waals surface area contributed by atoms with Gasteiger partial charge in [0.2, 0.25) is 0 Å². The number of hydrogen-bond acceptors (Lipinski definition) is 2. The van der Waals surface area contributed by atoms with Crippen LogP contribution in [0.1, 0.15) is 35.1 Å². The predicted octanol–water partition coefficient (Wildman–Crippen LogP) is 4.60. The largest absolute Gasteiger partial charge is 0.340 e. The van der Waals surface area contributed by atoms with Gasteiger partial charge in [-0.1, -0.05) is 29.5 Å². The normalized spacial score (nSPS) is 16.5. The van der Waals surface area contributed by atoms with Crippen molar-refractivity contribution in [1.29, 1.82) is 0 Å². The molecular formula is C22H20F2N4. The number of rotatable bonds is 3. The number of nitrogens with zero attached hydrogens (tertiary/aromatic N) is 4. The molecule has 2 aromatic carbocycles. The Morgan fingerprint density at radius 2 is 1.93 bits per heavy atom. The highest BCUT2D eigenvalue weighted by molar-refractivity contribution is 5.82. The third-order valence-corrected chi connectivity index (χ3v) is 5.70. The van der Waals surface area contributed by atoms with Crippen molar-refractivity contribution in [3.05, 3.63) is 82.8 Å². The van der Waals surface area contributed by atoms with E-state index in [1.807, 2.05) is 17.7 Å². The smallest absolute Gasteiger partial charge is 0.147 e. The molecule has 2 aromatic heterocycles. The summed E-state index contributed by atoms with van der Waals surface area (Å²) >= 11 is 0. The predicted molar refractivity (Wildman–Crippen MR) is 103 cm³/mol. The number of aromatic nitrogens is 4. The Morgan fingerprint density at radius 3 is 2.75 bits per heavy atom. The van der Waals surface area contributed by atoms with Crippen LogP contribution in [0.4, 0.5) is 8.78 Å². The molecule has 0 bridgehead atoms. The summed E-state index contributed by atoms with van der Waals surface area (Å²) in [5.74, 6) is -0.431. The number of halogens is 2. The lowest BCUT2D eigenvalue weighted by Crippen LogP contribution is -2.25. The van der Waals surface area contributed by atoms with Crippen LogP contribution in [0.15, 0.2) is 48.5 Å². The molecular weight excluding hydrogens is 358 g/mol. The van der Waals surface area contributed by atoms with Crippen LogP contribution in [0.3, 0.4) is 0 Å². The summed E-state index contributed by atoms with van der Waals surface area (Å²) in [7, 11) is 0. The van der Waals surface area contributed by atoms with Crippen molar-refractivity contribution >= 4 is 10.9 Å². The average molecular weight is 378 g/mol. The van der Waals surface area contributed by atoms with Gasteiger partial charge in [0.1, 0.15) is 11.6 Å². The standard InChI is InChI=1S/C22H20F2N4/c1-14-21(11-15-5-7-17(23)8-6-15)28(26-25-14)19-10-9-18-12-16-3-2-4-20(24)22(16)27(18)13-19/h2-8,12,19H,9-11,13H2,1H3. The summed E-state index contributed by atoms with van der Waals surface area (Å²) in [6, 6.07) is 13.9. The van der Waals surface area contributed by atoms with E-state index in [9.17, 15) is 8.78 Å². The minimum Gasteiger partial charge on any atom is -0.340 e. The molecule has 6 heteroatoms. The summed E-state index contributed by atoms with van der Waals surface area (Å²) in [6.45, 7) is 2.61. The molecule has 0 saturated carbocycles. The molecule has 0 aliphatic carbocycles. The van der Waals surface area contributed by atoms with Gasteiger partial charge in [-0.05, 0) is 49.6 Å². The first-order chi connectivity index (χ1) is 13.6. The van der Waals surface area contributed by atoms with Crippen molar-refractivity contribution in [2.24, 2.45) is 0 Å². The Kier molecular flexibility index (Phi) is 4.00. The third kappa shape index (κ3) is 2.80. The van der Waals surface area contributed by atoms with Gasteiger partial charge in [0.15, 0.2) is 0 Å². The second-order valence-electron chi connectivity index (χ2n) is 7.49. The first kappa shape index (κ1) is 17.1. The summed E-state index contributed by atoms with van der Waals surface area (Å²) in [5, 5.41) is 9.62. The van der Waals surface area contributed by atoms with Gasteiger partial charge >= 0.3 is 0 Å². The average Bonchev–Trinajstić information content (AvgIpc) is 3.24. The second kappa shape index (κ2) is 6.55. The van der Waals surface area contributed by atoms with Crippen LogP contribution >= 0.6 is 0 Å². The van der Waals surface area contributed by atoms with Crippen molar-refractivity contribution < 1.29 is 8.78 Å². The van der Waals surface area contributed by atoms with E-state index in [0.717, 1.165) is 40.9 Å². The monoisotopic (exact) mass is 378 g/mol. The van der Waals surface area contributed by atoms with Crippen molar-refractivity contribution in [3.8, 4) is 0 Å². The van der Waals surface area contributed by atoms with Crippen LogP contribution in [-0.2, 0) is 19.4 Å². The highest BCUT2D eigenvalue weighted by atomic mass is 19.1. The van der Waals surface area contributed by atoms with Crippen molar-refractivity contribution in [1.82, 2.24) is 19.6 Å². The van der Waals surface area contributed by atoms with Crippen molar-refractivity contribution in [2.75, 3.05) is 0 Å². The molecule has 1 aliphatic heterocycles. The van der Waals surface area contributed by atoms with E-state index in [4.69, 9.17) is 0 Å². The zero-order valence-electron chi connectivity index (χ0n) is 15.6. The maximum absolute atomic E-state index is 14.5. The number of aryl methyl sites for hydroxylation is 2. The molecule has 0 spiro atoms. The highest BCUT2D eigenvalue weighted by Gasteiger charge is 2.26. The Morgan fingerprint density at radius 1 is 1.11 bits per heavy atom. The molecule has 4 nitrogen and oxygen atoms in total. The van der Waals surface area contributed by atoms with E-state index in [1.54, 1.807) is 18.2 Å². The maximum Gasteiger partial charge on any atom is 0.147 e. The summed E-state index contributed by atoms with van der Waals surface area (Å²) in [6.07, 6.45) is 2.44. The molecule has 1 unspecified atom stereocenters. The first-order valence-electron chi connectivity index (χ1n) is 9.52. The van der Waals surface area contributed by atoms with Gasteiger partial charge in [0, 0.05) is 24.0 Å². The van der Waals surface area contributed by atoms with Gasteiger partial charge in [-0.3, -0.25) is 0 Å². The molecule has 1 atom stereocenters. The lowest BCUT2D eigenvalue weighted by Gasteiger charge is -2.26. The molecule has 28 heavy (non-hydrogen) atoms. The quantitative estimate of drug-likeness (QED) is 0.522. The van der Waals surface area contributed by atoms with Crippen LogP contribution < -0.4 is 0 Å². The van der Waals surface area contributed by atoms with Gasteiger partial charge in [-0.25, -0.2) is 13.5 Å². The van der Waals surface area contributed by atoms with E-state index >= 15 is 0 Å². The summed E-state index contributed by atoms with van der Waals surface area (Å²) < 4.78 is 31.7. The van der Waals surface area contributed by atoms with Gasteiger partial charge in [0.25, 0.3) is 0 Å². The fourth-order valence-corrected chi connectivity index (χ4v) is 4.26. The molecule has 5 rings (SSSR count). The highest BCUT2D eigenvalue weighted by Crippen LogP contribution is 2.32. The Bertz CT molecular complexity index is 1160. The van der Waals surface area contributed by atoms with E-state index in [-0.39, 0.29) is 17.7 Å². The van der Waals surface area contributed by atoms with Gasteiger partial charge in [-0.2, -0.15) is 0 Å². The van der Waals surface area contributed by atoms with Gasteiger partial charge in [-0.15, -0.1) is 5.10 Å². The van der Waals surface area contributed by atoms with Gasteiger partial charge < -0.3 is 4.57 Å². The number of hydrogen-bond donors (Lipinski definition) is 0. The summed E-state index contributed by atoms with van der Waals surface area (Å²) in [5.41, 5.74) is 4.74. The minimum atomic E-state index is -0.242.